The zero-order chi connectivity index (χ0) is 19.3. The van der Waals surface area contributed by atoms with Crippen LogP contribution in [0.2, 0.25) is 0 Å². The van der Waals surface area contributed by atoms with E-state index < -0.39 is 0 Å². The Morgan fingerprint density at radius 3 is 2.89 bits per heavy atom. The van der Waals surface area contributed by atoms with Crippen molar-refractivity contribution in [2.75, 3.05) is 37.7 Å². The van der Waals surface area contributed by atoms with Crippen LogP contribution in [-0.2, 0) is 9.53 Å². The molecule has 0 spiro atoms. The molecular weight excluding hydrogens is 376 g/mol. The molecule has 0 radical (unpaired) electrons. The van der Waals surface area contributed by atoms with Crippen LogP contribution in [0.4, 0.5) is 5.69 Å². The Morgan fingerprint density at radius 1 is 1.32 bits per heavy atom. The maximum absolute atomic E-state index is 13.0. The number of aromatic nitrogens is 1. The van der Waals surface area contributed by atoms with Crippen molar-refractivity contribution in [1.82, 2.24) is 15.2 Å². The molecule has 1 N–H and O–H groups in total. The number of thiophene rings is 1. The predicted octanol–water partition coefficient (Wildman–Crippen LogP) is 1.87. The molecule has 4 aliphatic heterocycles. The van der Waals surface area contributed by atoms with E-state index in [0.717, 1.165) is 41.7 Å². The number of ether oxygens (including phenoxy) is 1. The number of amides is 2. The van der Waals surface area contributed by atoms with Gasteiger partial charge >= 0.3 is 0 Å². The Balaban J connectivity index is 1.40. The largest absolute Gasteiger partial charge is 0.370 e. The summed E-state index contributed by atoms with van der Waals surface area (Å²) < 4.78 is 6.21. The second kappa shape index (κ2) is 7.09. The fraction of sp³-hybridized carbons (Fsp3) is 0.550. The van der Waals surface area contributed by atoms with Crippen molar-refractivity contribution in [3.63, 3.8) is 0 Å². The molecule has 7 nitrogen and oxygen atoms in total. The first-order chi connectivity index (χ1) is 13.6. The number of hydrogen-bond donors (Lipinski definition) is 1. The van der Waals surface area contributed by atoms with Gasteiger partial charge in [-0.25, -0.2) is 4.98 Å². The van der Waals surface area contributed by atoms with E-state index in [1.807, 2.05) is 11.4 Å². The van der Waals surface area contributed by atoms with E-state index in [1.165, 1.54) is 0 Å². The molecule has 6 rings (SSSR count). The number of fused-ring (bicyclic) bond motifs is 4. The van der Waals surface area contributed by atoms with Crippen molar-refractivity contribution in [3.8, 4) is 0 Å². The first kappa shape index (κ1) is 18.0. The van der Waals surface area contributed by atoms with E-state index >= 15 is 0 Å². The zero-order valence-electron chi connectivity index (χ0n) is 15.9. The van der Waals surface area contributed by atoms with Gasteiger partial charge in [-0.15, -0.1) is 11.3 Å². The summed E-state index contributed by atoms with van der Waals surface area (Å²) in [5.74, 6) is 0.378. The molecule has 28 heavy (non-hydrogen) atoms. The SMILES string of the molecule is CC1C(NC(=O)c2cc3c(N4CCOCC4=O)csc3cn2)C2CCN1CC2. The summed E-state index contributed by atoms with van der Waals surface area (Å²) in [6, 6.07) is 2.36. The third-order valence-electron chi connectivity index (χ3n) is 6.43. The fourth-order valence-corrected chi connectivity index (χ4v) is 5.69. The maximum Gasteiger partial charge on any atom is 0.270 e. The summed E-state index contributed by atoms with van der Waals surface area (Å²) in [6.07, 6.45) is 4.04. The number of carbonyl (C=O) groups excluding carboxylic acids is 2. The lowest BCUT2D eigenvalue weighted by Gasteiger charge is -2.49. The van der Waals surface area contributed by atoms with Crippen LogP contribution in [0.1, 0.15) is 30.3 Å². The van der Waals surface area contributed by atoms with Gasteiger partial charge in [0.1, 0.15) is 12.3 Å². The second-order valence-electron chi connectivity index (χ2n) is 7.90. The van der Waals surface area contributed by atoms with Crippen molar-refractivity contribution < 1.29 is 14.3 Å². The van der Waals surface area contributed by atoms with Crippen LogP contribution >= 0.6 is 11.3 Å². The topological polar surface area (TPSA) is 74.8 Å². The van der Waals surface area contributed by atoms with Crippen LogP contribution < -0.4 is 10.2 Å². The van der Waals surface area contributed by atoms with Gasteiger partial charge < -0.3 is 15.0 Å². The molecule has 4 aliphatic rings. The molecule has 148 valence electrons. The predicted molar refractivity (Wildman–Crippen MR) is 108 cm³/mol. The van der Waals surface area contributed by atoms with Gasteiger partial charge in [-0.05, 0) is 44.8 Å². The molecule has 4 saturated heterocycles. The molecule has 2 aromatic heterocycles. The van der Waals surface area contributed by atoms with Gasteiger partial charge in [0.25, 0.3) is 11.8 Å². The minimum Gasteiger partial charge on any atom is -0.370 e. The maximum atomic E-state index is 13.0. The van der Waals surface area contributed by atoms with Crippen molar-refractivity contribution in [2.24, 2.45) is 5.92 Å². The Morgan fingerprint density at radius 2 is 2.14 bits per heavy atom. The summed E-state index contributed by atoms with van der Waals surface area (Å²) in [4.78, 5) is 33.8. The minimum absolute atomic E-state index is 0.0464. The number of nitrogens with zero attached hydrogens (tertiary/aromatic N) is 3. The van der Waals surface area contributed by atoms with E-state index in [-0.39, 0.29) is 24.5 Å². The van der Waals surface area contributed by atoms with E-state index in [1.54, 1.807) is 22.4 Å². The molecule has 6 heterocycles. The molecule has 0 aliphatic carbocycles. The molecule has 2 amide bonds. The Hall–Kier alpha value is -2.03. The number of morpholine rings is 1. The van der Waals surface area contributed by atoms with Gasteiger partial charge in [-0.3, -0.25) is 14.5 Å². The fourth-order valence-electron chi connectivity index (χ4n) is 4.80. The highest BCUT2D eigenvalue weighted by atomic mass is 32.1. The van der Waals surface area contributed by atoms with Crippen molar-refractivity contribution in [1.29, 1.82) is 0 Å². The lowest BCUT2D eigenvalue weighted by atomic mass is 9.79. The molecule has 2 unspecified atom stereocenters. The highest BCUT2D eigenvalue weighted by molar-refractivity contribution is 7.17. The van der Waals surface area contributed by atoms with E-state index in [0.29, 0.717) is 30.8 Å². The number of piperidine rings is 3. The Kier molecular flexibility index (Phi) is 4.57. The Bertz CT molecular complexity index is 919. The standard InChI is InChI=1S/C20H24N4O3S/c1-12-19(13-2-4-23(12)5-3-13)22-20(26)15-8-14-16(11-28-17(14)9-21-15)24-6-7-27-10-18(24)25/h8-9,11-13,19H,2-7,10H2,1H3,(H,22,26). The van der Waals surface area contributed by atoms with Gasteiger partial charge in [-0.2, -0.15) is 0 Å². The summed E-state index contributed by atoms with van der Waals surface area (Å²) in [7, 11) is 0. The van der Waals surface area contributed by atoms with Crippen LogP contribution in [0.25, 0.3) is 10.1 Å². The van der Waals surface area contributed by atoms with Crippen LogP contribution in [0, 0.1) is 5.92 Å². The molecule has 8 heteroatoms. The molecular formula is C20H24N4O3S. The van der Waals surface area contributed by atoms with Crippen LogP contribution in [-0.4, -0.2) is 66.6 Å². The zero-order valence-corrected chi connectivity index (χ0v) is 16.7. The first-order valence-corrected chi connectivity index (χ1v) is 10.8. The molecule has 2 bridgehead atoms. The van der Waals surface area contributed by atoms with Crippen LogP contribution in [0.15, 0.2) is 17.6 Å². The first-order valence-electron chi connectivity index (χ1n) is 9.92. The van der Waals surface area contributed by atoms with Gasteiger partial charge in [-0.1, -0.05) is 0 Å². The average Bonchev–Trinajstić information content (AvgIpc) is 3.14. The van der Waals surface area contributed by atoms with Crippen molar-refractivity contribution >= 4 is 38.9 Å². The normalized spacial score (nSPS) is 30.0. The number of rotatable bonds is 3. The van der Waals surface area contributed by atoms with Crippen molar-refractivity contribution in [2.45, 2.75) is 31.8 Å². The third kappa shape index (κ3) is 3.00. The number of carbonyl (C=O) groups is 2. The summed E-state index contributed by atoms with van der Waals surface area (Å²) in [5, 5.41) is 6.11. The smallest absolute Gasteiger partial charge is 0.270 e. The number of anilines is 1. The molecule has 2 atom stereocenters. The molecule has 0 saturated carbocycles. The summed E-state index contributed by atoms with van der Waals surface area (Å²) in [5.41, 5.74) is 1.26. The summed E-state index contributed by atoms with van der Waals surface area (Å²) >= 11 is 1.54. The number of pyridine rings is 1. The molecule has 4 fully saturated rings. The second-order valence-corrected chi connectivity index (χ2v) is 8.81. The van der Waals surface area contributed by atoms with Gasteiger partial charge in [0.05, 0.1) is 17.0 Å². The number of nitrogens with one attached hydrogen (secondary N) is 1. The van der Waals surface area contributed by atoms with Gasteiger partial charge in [0, 0.05) is 35.6 Å². The van der Waals surface area contributed by atoms with Gasteiger partial charge in [0.15, 0.2) is 0 Å². The lowest BCUT2D eigenvalue weighted by Crippen LogP contribution is -2.62. The third-order valence-corrected chi connectivity index (χ3v) is 7.35. The number of hydrogen-bond acceptors (Lipinski definition) is 6. The van der Waals surface area contributed by atoms with Crippen molar-refractivity contribution in [3.05, 3.63) is 23.3 Å². The van der Waals surface area contributed by atoms with E-state index in [9.17, 15) is 9.59 Å². The molecule has 0 aromatic carbocycles. The van der Waals surface area contributed by atoms with E-state index in [4.69, 9.17) is 4.74 Å². The highest BCUT2D eigenvalue weighted by Gasteiger charge is 2.40. The average molecular weight is 401 g/mol. The highest BCUT2D eigenvalue weighted by Crippen LogP contribution is 2.35. The summed E-state index contributed by atoms with van der Waals surface area (Å²) in [6.45, 7) is 5.63. The van der Waals surface area contributed by atoms with Crippen LogP contribution in [0.5, 0.6) is 0 Å². The molecule has 2 aromatic rings. The van der Waals surface area contributed by atoms with E-state index in [2.05, 4.69) is 22.1 Å². The van der Waals surface area contributed by atoms with Gasteiger partial charge in [0.2, 0.25) is 0 Å². The minimum atomic E-state index is -0.127. The monoisotopic (exact) mass is 400 g/mol. The Labute approximate surface area is 167 Å². The lowest BCUT2D eigenvalue weighted by molar-refractivity contribution is -0.125. The van der Waals surface area contributed by atoms with Crippen LogP contribution in [0.3, 0.4) is 0 Å². The quantitative estimate of drug-likeness (QED) is 0.851.